The molecule has 0 aliphatic heterocycles. The Labute approximate surface area is 120 Å². The molecule has 0 saturated heterocycles. The summed E-state index contributed by atoms with van der Waals surface area (Å²) >= 11 is 5.37. The number of halogens is 1. The van der Waals surface area contributed by atoms with E-state index in [0.29, 0.717) is 0 Å². The largest absolute Gasteiger partial charge is 0.271 e. The number of aryl methyl sites for hydroxylation is 1. The highest BCUT2D eigenvalue weighted by atomic mass is 79.9. The predicted molar refractivity (Wildman–Crippen MR) is 81.6 cm³/mol. The summed E-state index contributed by atoms with van der Waals surface area (Å²) in [6.45, 7) is 2.12. The predicted octanol–water partition coefficient (Wildman–Crippen LogP) is 3.96. The van der Waals surface area contributed by atoms with Crippen molar-refractivity contribution in [1.82, 2.24) is 5.43 Å². The van der Waals surface area contributed by atoms with Crippen LogP contribution in [-0.4, -0.2) is 0 Å². The average Bonchev–Trinajstić information content (AvgIpc) is 2.88. The molecule has 0 aliphatic rings. The molecule has 1 aromatic carbocycles. The monoisotopic (exact) mass is 324 g/mol. The van der Waals surface area contributed by atoms with Crippen LogP contribution in [0.1, 0.15) is 28.5 Å². The molecular weight excluding hydrogens is 308 g/mol. The summed E-state index contributed by atoms with van der Waals surface area (Å²) in [5.74, 6) is 5.70. The number of nitrogens with two attached hydrogens (primary N) is 1. The summed E-state index contributed by atoms with van der Waals surface area (Å²) in [5, 5.41) is 2.12. The minimum Gasteiger partial charge on any atom is -0.271 e. The Morgan fingerprint density at radius 1 is 1.33 bits per heavy atom. The van der Waals surface area contributed by atoms with E-state index >= 15 is 0 Å². The zero-order valence-electron chi connectivity index (χ0n) is 10.3. The summed E-state index contributed by atoms with van der Waals surface area (Å²) in [6.07, 6.45) is 2.06. The molecule has 3 N–H and O–H groups in total. The van der Waals surface area contributed by atoms with Gasteiger partial charge in [-0.3, -0.25) is 11.3 Å². The van der Waals surface area contributed by atoms with E-state index in [1.165, 1.54) is 16.0 Å². The minimum atomic E-state index is 0.199. The first kappa shape index (κ1) is 13.7. The zero-order valence-corrected chi connectivity index (χ0v) is 12.7. The summed E-state index contributed by atoms with van der Waals surface area (Å²) in [7, 11) is 0. The van der Waals surface area contributed by atoms with Crippen LogP contribution in [0.15, 0.2) is 40.2 Å². The first-order chi connectivity index (χ1) is 8.72. The van der Waals surface area contributed by atoms with Gasteiger partial charge >= 0.3 is 0 Å². The van der Waals surface area contributed by atoms with Gasteiger partial charge in [0.2, 0.25) is 0 Å². The molecule has 1 heterocycles. The van der Waals surface area contributed by atoms with E-state index in [1.807, 2.05) is 0 Å². The lowest BCUT2D eigenvalue weighted by atomic mass is 9.98. The fourth-order valence-corrected chi connectivity index (χ4v) is 3.18. The second-order valence-electron chi connectivity index (χ2n) is 4.29. The third-order valence-corrected chi connectivity index (χ3v) is 4.94. The van der Waals surface area contributed by atoms with Crippen molar-refractivity contribution >= 4 is 27.3 Å². The van der Waals surface area contributed by atoms with Crippen molar-refractivity contribution in [2.45, 2.75) is 25.8 Å². The van der Waals surface area contributed by atoms with Crippen LogP contribution in [0, 0.1) is 6.92 Å². The van der Waals surface area contributed by atoms with Crippen molar-refractivity contribution in [2.24, 2.45) is 5.84 Å². The molecule has 2 aromatic rings. The standard InChI is InChI=1S/C14H17BrN2S/c1-10-12(5-2-6-13(10)15)14(17-16)8-7-11-4-3-9-18-11/h2-6,9,14,17H,7-8,16H2,1H3. The number of nitrogens with one attached hydrogen (secondary N) is 1. The Balaban J connectivity index is 2.10. The Morgan fingerprint density at radius 3 is 2.83 bits per heavy atom. The van der Waals surface area contributed by atoms with Crippen molar-refractivity contribution in [3.05, 3.63) is 56.2 Å². The molecule has 1 unspecified atom stereocenters. The average molecular weight is 325 g/mol. The normalized spacial score (nSPS) is 12.6. The third kappa shape index (κ3) is 3.20. The van der Waals surface area contributed by atoms with Gasteiger partial charge in [0.1, 0.15) is 0 Å². The van der Waals surface area contributed by atoms with Crippen molar-refractivity contribution in [3.8, 4) is 0 Å². The third-order valence-electron chi connectivity index (χ3n) is 3.15. The Hall–Kier alpha value is -0.680. The maximum absolute atomic E-state index is 5.70. The number of rotatable bonds is 5. The number of hydrazine groups is 1. The molecule has 0 bridgehead atoms. The van der Waals surface area contributed by atoms with E-state index < -0.39 is 0 Å². The van der Waals surface area contributed by atoms with Gasteiger partial charge in [-0.15, -0.1) is 11.3 Å². The van der Waals surface area contributed by atoms with Gasteiger partial charge in [0.05, 0.1) is 0 Å². The fraction of sp³-hybridized carbons (Fsp3) is 0.286. The van der Waals surface area contributed by atoms with E-state index in [9.17, 15) is 0 Å². The molecule has 0 amide bonds. The highest BCUT2D eigenvalue weighted by molar-refractivity contribution is 9.10. The topological polar surface area (TPSA) is 38.0 Å². The number of hydrogen-bond donors (Lipinski definition) is 2. The van der Waals surface area contributed by atoms with Gasteiger partial charge < -0.3 is 0 Å². The quantitative estimate of drug-likeness (QED) is 0.645. The lowest BCUT2D eigenvalue weighted by Gasteiger charge is -2.19. The van der Waals surface area contributed by atoms with Gasteiger partial charge in [0, 0.05) is 15.4 Å². The molecule has 18 heavy (non-hydrogen) atoms. The summed E-state index contributed by atoms with van der Waals surface area (Å²) < 4.78 is 1.14. The fourth-order valence-electron chi connectivity index (χ4n) is 2.07. The smallest absolute Gasteiger partial charge is 0.0466 e. The van der Waals surface area contributed by atoms with Gasteiger partial charge in [-0.1, -0.05) is 34.1 Å². The van der Waals surface area contributed by atoms with Gasteiger partial charge in [-0.25, -0.2) is 0 Å². The van der Waals surface area contributed by atoms with Crippen LogP contribution in [-0.2, 0) is 6.42 Å². The van der Waals surface area contributed by atoms with Crippen LogP contribution >= 0.6 is 27.3 Å². The highest BCUT2D eigenvalue weighted by Gasteiger charge is 2.13. The Bertz CT molecular complexity index is 497. The molecule has 0 saturated carbocycles. The van der Waals surface area contributed by atoms with Gasteiger partial charge in [-0.05, 0) is 48.4 Å². The maximum atomic E-state index is 5.70. The molecule has 4 heteroatoms. The van der Waals surface area contributed by atoms with Crippen molar-refractivity contribution < 1.29 is 0 Å². The lowest BCUT2D eigenvalue weighted by molar-refractivity contribution is 0.515. The molecule has 1 atom stereocenters. The Kier molecular flexibility index (Phi) is 4.95. The molecule has 0 spiro atoms. The molecule has 1 aromatic heterocycles. The second-order valence-corrected chi connectivity index (χ2v) is 6.18. The van der Waals surface area contributed by atoms with Crippen molar-refractivity contribution in [3.63, 3.8) is 0 Å². The van der Waals surface area contributed by atoms with Gasteiger partial charge in [0.15, 0.2) is 0 Å². The van der Waals surface area contributed by atoms with Crippen LogP contribution in [0.5, 0.6) is 0 Å². The highest BCUT2D eigenvalue weighted by Crippen LogP contribution is 2.27. The van der Waals surface area contributed by atoms with Crippen LogP contribution in [0.3, 0.4) is 0 Å². The van der Waals surface area contributed by atoms with Crippen molar-refractivity contribution in [2.75, 3.05) is 0 Å². The number of thiophene rings is 1. The van der Waals surface area contributed by atoms with E-state index in [-0.39, 0.29) is 6.04 Å². The number of benzene rings is 1. The summed E-state index contributed by atoms with van der Waals surface area (Å²) in [6, 6.07) is 10.7. The molecule has 96 valence electrons. The number of hydrogen-bond acceptors (Lipinski definition) is 3. The lowest BCUT2D eigenvalue weighted by Crippen LogP contribution is -2.29. The van der Waals surface area contributed by atoms with Crippen LogP contribution < -0.4 is 11.3 Å². The minimum absolute atomic E-state index is 0.199. The maximum Gasteiger partial charge on any atom is 0.0466 e. The second kappa shape index (κ2) is 6.48. The van der Waals surface area contributed by atoms with E-state index in [0.717, 1.165) is 17.3 Å². The molecule has 0 fully saturated rings. The SMILES string of the molecule is Cc1c(Br)cccc1C(CCc1cccs1)NN. The molecule has 2 nitrogen and oxygen atoms in total. The van der Waals surface area contributed by atoms with Crippen LogP contribution in [0.2, 0.25) is 0 Å². The van der Waals surface area contributed by atoms with E-state index in [1.54, 1.807) is 11.3 Å². The Morgan fingerprint density at radius 2 is 2.17 bits per heavy atom. The molecule has 2 rings (SSSR count). The van der Waals surface area contributed by atoms with E-state index in [2.05, 4.69) is 64.0 Å². The zero-order chi connectivity index (χ0) is 13.0. The first-order valence-electron chi connectivity index (χ1n) is 5.96. The first-order valence-corrected chi connectivity index (χ1v) is 7.63. The summed E-state index contributed by atoms with van der Waals surface area (Å²) in [4.78, 5) is 1.41. The molecule has 0 radical (unpaired) electrons. The molecule has 0 aliphatic carbocycles. The van der Waals surface area contributed by atoms with Gasteiger partial charge in [-0.2, -0.15) is 0 Å². The molecular formula is C14H17BrN2S. The van der Waals surface area contributed by atoms with Crippen molar-refractivity contribution in [1.29, 1.82) is 0 Å². The van der Waals surface area contributed by atoms with Crippen LogP contribution in [0.25, 0.3) is 0 Å². The van der Waals surface area contributed by atoms with E-state index in [4.69, 9.17) is 5.84 Å². The van der Waals surface area contributed by atoms with Gasteiger partial charge in [0.25, 0.3) is 0 Å². The summed E-state index contributed by atoms with van der Waals surface area (Å²) in [5.41, 5.74) is 5.46. The van der Waals surface area contributed by atoms with Crippen LogP contribution in [0.4, 0.5) is 0 Å².